The lowest BCUT2D eigenvalue weighted by atomic mass is 10.1. The van der Waals surface area contributed by atoms with E-state index < -0.39 is 0 Å². The second-order valence-corrected chi connectivity index (χ2v) is 3.55. The van der Waals surface area contributed by atoms with E-state index in [1.807, 2.05) is 38.3 Å². The topological polar surface area (TPSA) is 4.93 Å². The van der Waals surface area contributed by atoms with E-state index in [1.54, 1.807) is 0 Å². The van der Waals surface area contributed by atoms with E-state index in [0.717, 1.165) is 5.69 Å². The lowest BCUT2D eigenvalue weighted by molar-refractivity contribution is 0.877. The Morgan fingerprint density at radius 1 is 1.19 bits per heavy atom. The van der Waals surface area contributed by atoms with Crippen LogP contribution in [0.2, 0.25) is 0 Å². The van der Waals surface area contributed by atoms with Gasteiger partial charge in [0.25, 0.3) is 0 Å². The van der Waals surface area contributed by atoms with E-state index in [2.05, 4.69) is 36.8 Å². The molecule has 1 heteroatoms. The molecule has 0 aliphatic heterocycles. The summed E-state index contributed by atoms with van der Waals surface area (Å²) in [6.45, 7) is 11.7. The van der Waals surface area contributed by atoms with Crippen LogP contribution in [0.1, 0.15) is 25.1 Å². The van der Waals surface area contributed by atoms with E-state index in [0.29, 0.717) is 0 Å². The molecule has 0 amide bonds. The second kappa shape index (κ2) is 5.36. The number of nitrogens with zero attached hydrogens (tertiary/aromatic N) is 1. The molecule has 0 radical (unpaired) electrons. The van der Waals surface area contributed by atoms with Gasteiger partial charge in [-0.15, -0.1) is 0 Å². The van der Waals surface area contributed by atoms with Crippen molar-refractivity contribution in [1.29, 1.82) is 0 Å². The number of aromatic nitrogens is 1. The summed E-state index contributed by atoms with van der Waals surface area (Å²) in [5.74, 6) is 0. The van der Waals surface area contributed by atoms with Crippen molar-refractivity contribution in [2.45, 2.75) is 13.8 Å². The third-order valence-electron chi connectivity index (χ3n) is 2.66. The minimum Gasteiger partial charge on any atom is -0.344 e. The van der Waals surface area contributed by atoms with Crippen LogP contribution in [0.15, 0.2) is 25.3 Å². The highest BCUT2D eigenvalue weighted by molar-refractivity contribution is 5.65. The van der Waals surface area contributed by atoms with Crippen LogP contribution in [0.4, 0.5) is 0 Å². The Morgan fingerprint density at radius 3 is 2.31 bits per heavy atom. The van der Waals surface area contributed by atoms with E-state index in [9.17, 15) is 0 Å². The van der Waals surface area contributed by atoms with Crippen molar-refractivity contribution >= 4 is 24.3 Å². The molecule has 0 aliphatic rings. The highest BCUT2D eigenvalue weighted by atomic mass is 14.9. The quantitative estimate of drug-likeness (QED) is 0.727. The summed E-state index contributed by atoms with van der Waals surface area (Å²) in [7, 11) is 2.05. The van der Waals surface area contributed by atoms with Crippen LogP contribution in [0.5, 0.6) is 0 Å². The zero-order valence-corrected chi connectivity index (χ0v) is 10.3. The Morgan fingerprint density at radius 2 is 1.88 bits per heavy atom. The number of hydrogen-bond acceptors (Lipinski definition) is 0. The first-order valence-corrected chi connectivity index (χ1v) is 5.44. The third kappa shape index (κ3) is 1.94. The van der Waals surface area contributed by atoms with Crippen molar-refractivity contribution < 1.29 is 0 Å². The molecular formula is C15H19N. The van der Waals surface area contributed by atoms with Crippen molar-refractivity contribution in [3.05, 3.63) is 47.1 Å². The van der Waals surface area contributed by atoms with Crippen molar-refractivity contribution in [2.75, 3.05) is 0 Å². The molecule has 1 nitrogen and oxygen atoms in total. The molecule has 0 saturated heterocycles. The van der Waals surface area contributed by atoms with Crippen LogP contribution in [-0.2, 0) is 7.05 Å². The summed E-state index contributed by atoms with van der Waals surface area (Å²) in [5.41, 5.74) is 2.36. The Bertz CT molecular complexity index is 539. The van der Waals surface area contributed by atoms with Gasteiger partial charge in [-0.2, -0.15) is 0 Å². The molecule has 0 aliphatic carbocycles. The van der Waals surface area contributed by atoms with E-state index in [1.165, 1.54) is 16.1 Å². The zero-order chi connectivity index (χ0) is 12.1. The van der Waals surface area contributed by atoms with Crippen LogP contribution in [0.3, 0.4) is 0 Å². The van der Waals surface area contributed by atoms with Crippen LogP contribution < -0.4 is 10.6 Å². The fourth-order valence-corrected chi connectivity index (χ4v) is 1.97. The fourth-order valence-electron chi connectivity index (χ4n) is 1.97. The normalized spacial score (nSPS) is 13.7. The lowest BCUT2D eigenvalue weighted by Crippen LogP contribution is -2.28. The van der Waals surface area contributed by atoms with Crippen LogP contribution in [0.25, 0.3) is 24.3 Å². The maximum atomic E-state index is 3.88. The van der Waals surface area contributed by atoms with Crippen molar-refractivity contribution in [3.63, 3.8) is 0 Å². The maximum Gasteiger partial charge on any atom is 0.0485 e. The summed E-state index contributed by atoms with van der Waals surface area (Å²) >= 11 is 0. The SMILES string of the molecule is C=C/C=c1\c(=C/C)c(/C=C\C)c(C=C)n1C. The van der Waals surface area contributed by atoms with Crippen molar-refractivity contribution in [2.24, 2.45) is 7.05 Å². The van der Waals surface area contributed by atoms with Gasteiger partial charge in [0.05, 0.1) is 0 Å². The maximum absolute atomic E-state index is 3.88. The average molecular weight is 213 g/mol. The van der Waals surface area contributed by atoms with Gasteiger partial charge in [-0.05, 0) is 26.0 Å². The smallest absolute Gasteiger partial charge is 0.0485 e. The standard InChI is InChI=1S/C15H19N/c1-6-10-13-12(8-3)15(11-7-2)16(5)14(13)9-4/h6-11H,2,4H2,1,3,5H3/b10-6-,12-8-,15-11+. The third-order valence-corrected chi connectivity index (χ3v) is 2.66. The molecular weight excluding hydrogens is 194 g/mol. The molecule has 0 atom stereocenters. The fraction of sp³-hybridized carbons (Fsp3) is 0.200. The van der Waals surface area contributed by atoms with Gasteiger partial charge in [-0.3, -0.25) is 0 Å². The Hall–Kier alpha value is -1.76. The van der Waals surface area contributed by atoms with Crippen LogP contribution >= 0.6 is 0 Å². The molecule has 1 aromatic rings. The molecule has 84 valence electrons. The molecule has 0 saturated carbocycles. The van der Waals surface area contributed by atoms with Crippen molar-refractivity contribution in [1.82, 2.24) is 4.57 Å². The first kappa shape index (κ1) is 12.3. The van der Waals surface area contributed by atoms with Crippen LogP contribution in [-0.4, -0.2) is 4.57 Å². The van der Waals surface area contributed by atoms with Gasteiger partial charge >= 0.3 is 0 Å². The van der Waals surface area contributed by atoms with E-state index in [4.69, 9.17) is 0 Å². The molecule has 1 rings (SSSR count). The van der Waals surface area contributed by atoms with Gasteiger partial charge in [-0.1, -0.05) is 37.5 Å². The molecule has 0 unspecified atom stereocenters. The van der Waals surface area contributed by atoms with Gasteiger partial charge in [0.15, 0.2) is 0 Å². The van der Waals surface area contributed by atoms with Crippen LogP contribution in [0, 0.1) is 0 Å². The molecule has 16 heavy (non-hydrogen) atoms. The lowest BCUT2D eigenvalue weighted by Gasteiger charge is -1.97. The highest BCUT2D eigenvalue weighted by Gasteiger charge is 2.05. The Balaban J connectivity index is 3.87. The van der Waals surface area contributed by atoms with E-state index >= 15 is 0 Å². The summed E-state index contributed by atoms with van der Waals surface area (Å²) in [5, 5.41) is 2.40. The average Bonchev–Trinajstić information content (AvgIpc) is 2.53. The first-order valence-electron chi connectivity index (χ1n) is 5.44. The van der Waals surface area contributed by atoms with Gasteiger partial charge in [0, 0.05) is 28.9 Å². The zero-order valence-electron chi connectivity index (χ0n) is 10.3. The predicted molar refractivity (Wildman–Crippen MR) is 74.3 cm³/mol. The molecule has 0 fully saturated rings. The Labute approximate surface area is 97.4 Å². The van der Waals surface area contributed by atoms with Gasteiger partial charge in [0.1, 0.15) is 0 Å². The summed E-state index contributed by atoms with van der Waals surface area (Å²) < 4.78 is 2.14. The number of allylic oxidation sites excluding steroid dienone is 2. The largest absolute Gasteiger partial charge is 0.344 e. The monoisotopic (exact) mass is 213 g/mol. The number of rotatable bonds is 3. The molecule has 0 aromatic carbocycles. The molecule has 1 heterocycles. The second-order valence-electron chi connectivity index (χ2n) is 3.55. The first-order chi connectivity index (χ1) is 7.71. The van der Waals surface area contributed by atoms with Gasteiger partial charge in [0.2, 0.25) is 0 Å². The van der Waals surface area contributed by atoms with E-state index in [-0.39, 0.29) is 0 Å². The highest BCUT2D eigenvalue weighted by Crippen LogP contribution is 2.06. The molecule has 0 N–H and O–H groups in total. The predicted octanol–water partition coefficient (Wildman–Crippen LogP) is 2.47. The van der Waals surface area contributed by atoms with Gasteiger partial charge in [-0.25, -0.2) is 0 Å². The minimum atomic E-state index is 1.14. The molecule has 1 aromatic heterocycles. The number of hydrogen-bond donors (Lipinski definition) is 0. The Kier molecular flexibility index (Phi) is 4.12. The minimum absolute atomic E-state index is 1.14. The molecule has 0 spiro atoms. The summed E-state index contributed by atoms with van der Waals surface area (Å²) in [6.07, 6.45) is 12.0. The molecule has 0 bridgehead atoms. The van der Waals surface area contributed by atoms with Crippen molar-refractivity contribution in [3.8, 4) is 0 Å². The summed E-state index contributed by atoms with van der Waals surface area (Å²) in [4.78, 5) is 0. The summed E-state index contributed by atoms with van der Waals surface area (Å²) in [6, 6.07) is 0. The van der Waals surface area contributed by atoms with Gasteiger partial charge < -0.3 is 4.57 Å².